The minimum Gasteiger partial charge on any atom is -0.346 e. The summed E-state index contributed by atoms with van der Waals surface area (Å²) in [4.78, 5) is 23.0. The summed E-state index contributed by atoms with van der Waals surface area (Å²) < 4.78 is 0. The maximum Gasteiger partial charge on any atom is 0.142 e. The highest BCUT2D eigenvalue weighted by Gasteiger charge is 2.23. The SMILES string of the molecule is CCc1ncc2c(n1)CN(c1ncnc3[nH]ccc13)C2. The zero-order chi connectivity index (χ0) is 13.5. The summed E-state index contributed by atoms with van der Waals surface area (Å²) in [6.45, 7) is 3.65. The highest BCUT2D eigenvalue weighted by Crippen LogP contribution is 2.29. The van der Waals surface area contributed by atoms with Crippen LogP contribution in [0.25, 0.3) is 11.0 Å². The predicted molar refractivity (Wildman–Crippen MR) is 75.2 cm³/mol. The van der Waals surface area contributed by atoms with E-state index in [1.54, 1.807) is 6.33 Å². The summed E-state index contributed by atoms with van der Waals surface area (Å²) in [6.07, 6.45) is 6.29. The first kappa shape index (κ1) is 11.3. The van der Waals surface area contributed by atoms with Crippen LogP contribution in [0, 0.1) is 0 Å². The molecule has 0 unspecified atom stereocenters. The molecular formula is C14H14N6. The molecule has 6 heteroatoms. The normalized spacial score (nSPS) is 13.9. The van der Waals surface area contributed by atoms with Crippen molar-refractivity contribution in [2.75, 3.05) is 4.90 Å². The third-order valence-electron chi connectivity index (χ3n) is 3.65. The van der Waals surface area contributed by atoms with Crippen molar-refractivity contribution in [3.63, 3.8) is 0 Å². The van der Waals surface area contributed by atoms with Crippen molar-refractivity contribution < 1.29 is 0 Å². The van der Waals surface area contributed by atoms with Gasteiger partial charge < -0.3 is 9.88 Å². The molecule has 1 aliphatic rings. The van der Waals surface area contributed by atoms with E-state index >= 15 is 0 Å². The molecule has 20 heavy (non-hydrogen) atoms. The molecule has 4 rings (SSSR count). The van der Waals surface area contributed by atoms with Gasteiger partial charge in [-0.1, -0.05) is 6.92 Å². The van der Waals surface area contributed by atoms with Crippen molar-refractivity contribution >= 4 is 16.9 Å². The monoisotopic (exact) mass is 266 g/mol. The van der Waals surface area contributed by atoms with Crippen molar-refractivity contribution in [2.45, 2.75) is 26.4 Å². The Kier molecular flexibility index (Phi) is 2.42. The Balaban J connectivity index is 1.74. The maximum atomic E-state index is 4.61. The molecule has 6 nitrogen and oxygen atoms in total. The van der Waals surface area contributed by atoms with Crippen molar-refractivity contribution in [1.82, 2.24) is 24.9 Å². The number of hydrogen-bond donors (Lipinski definition) is 1. The molecule has 0 bridgehead atoms. The van der Waals surface area contributed by atoms with Gasteiger partial charge in [0.05, 0.1) is 17.6 Å². The molecule has 3 aromatic heterocycles. The van der Waals surface area contributed by atoms with E-state index in [-0.39, 0.29) is 0 Å². The Morgan fingerprint density at radius 3 is 3.10 bits per heavy atom. The lowest BCUT2D eigenvalue weighted by atomic mass is 10.3. The number of aryl methyl sites for hydroxylation is 1. The molecule has 3 aromatic rings. The summed E-state index contributed by atoms with van der Waals surface area (Å²) in [5, 5.41) is 1.05. The number of nitrogens with zero attached hydrogens (tertiary/aromatic N) is 5. The number of anilines is 1. The smallest absolute Gasteiger partial charge is 0.142 e. The van der Waals surface area contributed by atoms with Crippen LogP contribution in [0.3, 0.4) is 0 Å². The molecular weight excluding hydrogens is 252 g/mol. The van der Waals surface area contributed by atoms with E-state index < -0.39 is 0 Å². The first-order chi connectivity index (χ1) is 9.85. The van der Waals surface area contributed by atoms with Gasteiger partial charge in [0.15, 0.2) is 0 Å². The molecule has 0 spiro atoms. The van der Waals surface area contributed by atoms with Gasteiger partial charge in [-0.15, -0.1) is 0 Å². The Labute approximate surface area is 115 Å². The summed E-state index contributed by atoms with van der Waals surface area (Å²) in [5.74, 6) is 1.85. The van der Waals surface area contributed by atoms with Gasteiger partial charge in [0, 0.05) is 30.9 Å². The number of fused-ring (bicyclic) bond motifs is 2. The molecule has 1 aliphatic heterocycles. The molecule has 1 N–H and O–H groups in total. The lowest BCUT2D eigenvalue weighted by Crippen LogP contribution is -2.16. The highest BCUT2D eigenvalue weighted by atomic mass is 15.2. The van der Waals surface area contributed by atoms with E-state index in [2.05, 4.69) is 36.7 Å². The summed E-state index contributed by atoms with van der Waals surface area (Å²) in [7, 11) is 0. The maximum absolute atomic E-state index is 4.61. The fourth-order valence-corrected chi connectivity index (χ4v) is 2.63. The Morgan fingerprint density at radius 2 is 2.20 bits per heavy atom. The number of H-pyrrole nitrogens is 1. The van der Waals surface area contributed by atoms with Gasteiger partial charge in [-0.3, -0.25) is 0 Å². The molecule has 0 aliphatic carbocycles. The van der Waals surface area contributed by atoms with Crippen molar-refractivity contribution in [1.29, 1.82) is 0 Å². The van der Waals surface area contributed by atoms with Crippen LogP contribution in [0.1, 0.15) is 24.0 Å². The van der Waals surface area contributed by atoms with Gasteiger partial charge in [0.1, 0.15) is 23.6 Å². The van der Waals surface area contributed by atoms with E-state index in [1.807, 2.05) is 18.5 Å². The van der Waals surface area contributed by atoms with Crippen LogP contribution in [0.5, 0.6) is 0 Å². The average molecular weight is 266 g/mol. The molecule has 0 fully saturated rings. The second-order valence-electron chi connectivity index (χ2n) is 4.91. The predicted octanol–water partition coefficient (Wildman–Crippen LogP) is 1.83. The van der Waals surface area contributed by atoms with Gasteiger partial charge in [-0.2, -0.15) is 0 Å². The zero-order valence-electron chi connectivity index (χ0n) is 11.2. The van der Waals surface area contributed by atoms with Gasteiger partial charge in [0.25, 0.3) is 0 Å². The van der Waals surface area contributed by atoms with Gasteiger partial charge >= 0.3 is 0 Å². The van der Waals surface area contributed by atoms with Crippen LogP contribution >= 0.6 is 0 Å². The average Bonchev–Trinajstić information content (AvgIpc) is 3.12. The number of rotatable bonds is 2. The van der Waals surface area contributed by atoms with E-state index in [0.29, 0.717) is 0 Å². The molecule has 0 amide bonds. The molecule has 0 radical (unpaired) electrons. The number of aromatic amines is 1. The molecule has 100 valence electrons. The van der Waals surface area contributed by atoms with Gasteiger partial charge in [-0.25, -0.2) is 19.9 Å². The van der Waals surface area contributed by atoms with Gasteiger partial charge in [0.2, 0.25) is 0 Å². The Morgan fingerprint density at radius 1 is 1.25 bits per heavy atom. The largest absolute Gasteiger partial charge is 0.346 e. The quantitative estimate of drug-likeness (QED) is 0.766. The van der Waals surface area contributed by atoms with Crippen LogP contribution in [0.2, 0.25) is 0 Å². The molecule has 0 saturated carbocycles. The standard InChI is InChI=1S/C14H14N6/c1-2-12-16-5-9-6-20(7-11(9)19-12)14-10-3-4-15-13(10)17-8-18-14/h3-5,8H,2,6-7H2,1H3,(H,15,17,18). The van der Waals surface area contributed by atoms with Crippen LogP contribution in [-0.2, 0) is 19.5 Å². The summed E-state index contributed by atoms with van der Waals surface area (Å²) in [5.41, 5.74) is 3.16. The van der Waals surface area contributed by atoms with Crippen LogP contribution in [-0.4, -0.2) is 24.9 Å². The molecule has 0 atom stereocenters. The minimum absolute atomic E-state index is 0.780. The van der Waals surface area contributed by atoms with Crippen LogP contribution < -0.4 is 4.90 Å². The van der Waals surface area contributed by atoms with E-state index in [0.717, 1.165) is 47.9 Å². The first-order valence-electron chi connectivity index (χ1n) is 6.72. The van der Waals surface area contributed by atoms with E-state index in [4.69, 9.17) is 0 Å². The number of nitrogens with one attached hydrogen (secondary N) is 1. The molecule has 0 saturated heterocycles. The molecule has 4 heterocycles. The van der Waals surface area contributed by atoms with Gasteiger partial charge in [-0.05, 0) is 6.07 Å². The topological polar surface area (TPSA) is 70.6 Å². The number of aromatic nitrogens is 5. The van der Waals surface area contributed by atoms with Crippen LogP contribution in [0.15, 0.2) is 24.8 Å². The first-order valence-corrected chi connectivity index (χ1v) is 6.72. The van der Waals surface area contributed by atoms with E-state index in [1.165, 1.54) is 5.56 Å². The third kappa shape index (κ3) is 1.65. The number of hydrogen-bond acceptors (Lipinski definition) is 5. The van der Waals surface area contributed by atoms with Crippen molar-refractivity contribution in [3.8, 4) is 0 Å². The summed E-state index contributed by atoms with van der Waals surface area (Å²) >= 11 is 0. The Hall–Kier alpha value is -2.50. The van der Waals surface area contributed by atoms with Crippen LogP contribution in [0.4, 0.5) is 5.82 Å². The van der Waals surface area contributed by atoms with E-state index in [9.17, 15) is 0 Å². The summed E-state index contributed by atoms with van der Waals surface area (Å²) in [6, 6.07) is 2.01. The minimum atomic E-state index is 0.780. The van der Waals surface area contributed by atoms with Crippen molar-refractivity contribution in [3.05, 3.63) is 41.9 Å². The Bertz CT molecular complexity index is 778. The lowest BCUT2D eigenvalue weighted by Gasteiger charge is -2.16. The second kappa shape index (κ2) is 4.26. The molecule has 0 aromatic carbocycles. The lowest BCUT2D eigenvalue weighted by molar-refractivity contribution is 0.844. The fourth-order valence-electron chi connectivity index (χ4n) is 2.63. The zero-order valence-corrected chi connectivity index (χ0v) is 11.2. The third-order valence-corrected chi connectivity index (χ3v) is 3.65. The van der Waals surface area contributed by atoms with Crippen molar-refractivity contribution in [2.24, 2.45) is 0 Å². The second-order valence-corrected chi connectivity index (χ2v) is 4.91. The highest BCUT2D eigenvalue weighted by molar-refractivity contribution is 5.87. The fraction of sp³-hybridized carbons (Fsp3) is 0.286.